The Morgan fingerprint density at radius 3 is 2.69 bits per heavy atom. The van der Waals surface area contributed by atoms with E-state index in [1.54, 1.807) is 11.3 Å². The summed E-state index contributed by atoms with van der Waals surface area (Å²) in [6.45, 7) is 7.38. The number of hydrogen-bond donors (Lipinski definition) is 2. The second-order valence-electron chi connectivity index (χ2n) is 5.60. The number of nitrogens with one attached hydrogen (secondary N) is 1. The summed E-state index contributed by atoms with van der Waals surface area (Å²) in [7, 11) is 0. The molecule has 4 heteroatoms. The highest BCUT2D eigenvalue weighted by Crippen LogP contribution is 2.26. The fourth-order valence-corrected chi connectivity index (χ4v) is 2.64. The van der Waals surface area contributed by atoms with Crippen LogP contribution in [0.3, 0.4) is 0 Å². The van der Waals surface area contributed by atoms with E-state index in [1.165, 1.54) is 5.01 Å². The van der Waals surface area contributed by atoms with Crippen molar-refractivity contribution in [2.24, 2.45) is 0 Å². The van der Waals surface area contributed by atoms with Gasteiger partial charge in [-0.1, -0.05) is 20.8 Å². The molecule has 1 fully saturated rings. The highest BCUT2D eigenvalue weighted by atomic mass is 32.1. The van der Waals surface area contributed by atoms with Crippen LogP contribution < -0.4 is 5.32 Å². The molecule has 1 heterocycles. The fraction of sp³-hybridized carbons (Fsp3) is 0.750. The van der Waals surface area contributed by atoms with Crippen LogP contribution >= 0.6 is 11.3 Å². The van der Waals surface area contributed by atoms with Gasteiger partial charge in [0.25, 0.3) is 0 Å². The van der Waals surface area contributed by atoms with E-state index in [4.69, 9.17) is 0 Å². The van der Waals surface area contributed by atoms with E-state index in [0.717, 1.165) is 25.1 Å². The quantitative estimate of drug-likeness (QED) is 0.850. The Bertz CT molecular complexity index is 350. The van der Waals surface area contributed by atoms with Crippen LogP contribution in [0.5, 0.6) is 0 Å². The van der Waals surface area contributed by atoms with Gasteiger partial charge in [0.15, 0.2) is 0 Å². The summed E-state index contributed by atoms with van der Waals surface area (Å²) in [4.78, 5) is 4.62. The van der Waals surface area contributed by atoms with Gasteiger partial charge in [0, 0.05) is 23.4 Å². The van der Waals surface area contributed by atoms with Crippen molar-refractivity contribution in [2.75, 3.05) is 0 Å². The van der Waals surface area contributed by atoms with Gasteiger partial charge in [0.1, 0.15) is 0 Å². The molecule has 1 aromatic rings. The number of aromatic nitrogens is 1. The van der Waals surface area contributed by atoms with Gasteiger partial charge in [0.2, 0.25) is 0 Å². The molecule has 90 valence electrons. The van der Waals surface area contributed by atoms with E-state index < -0.39 is 0 Å². The number of aliphatic hydroxyl groups is 1. The smallest absolute Gasteiger partial charge is 0.0982 e. The first-order valence-electron chi connectivity index (χ1n) is 5.81. The summed E-state index contributed by atoms with van der Waals surface area (Å²) in [6.07, 6.45) is 1.69. The van der Waals surface area contributed by atoms with Gasteiger partial charge in [-0.15, -0.1) is 11.3 Å². The molecule has 3 nitrogen and oxygen atoms in total. The zero-order valence-corrected chi connectivity index (χ0v) is 11.0. The van der Waals surface area contributed by atoms with Gasteiger partial charge < -0.3 is 10.4 Å². The van der Waals surface area contributed by atoms with E-state index >= 15 is 0 Å². The zero-order chi connectivity index (χ0) is 11.8. The van der Waals surface area contributed by atoms with E-state index in [9.17, 15) is 5.11 Å². The van der Waals surface area contributed by atoms with Gasteiger partial charge in [-0.3, -0.25) is 0 Å². The van der Waals surface area contributed by atoms with Gasteiger partial charge in [-0.05, 0) is 12.8 Å². The van der Waals surface area contributed by atoms with E-state index in [-0.39, 0.29) is 11.5 Å². The molecule has 2 rings (SSSR count). The maximum absolute atomic E-state index is 9.17. The van der Waals surface area contributed by atoms with Crippen molar-refractivity contribution in [3.05, 3.63) is 16.1 Å². The molecule has 0 aliphatic heterocycles. The molecular weight excluding hydrogens is 220 g/mol. The predicted molar refractivity (Wildman–Crippen MR) is 66.7 cm³/mol. The molecule has 1 saturated carbocycles. The molecule has 0 amide bonds. The molecule has 0 aromatic carbocycles. The molecular formula is C12H20N2OS. The Balaban J connectivity index is 1.84. The summed E-state index contributed by atoms with van der Waals surface area (Å²) in [5, 5.41) is 15.9. The maximum Gasteiger partial charge on any atom is 0.0982 e. The lowest BCUT2D eigenvalue weighted by atomic mass is 9.89. The Kier molecular flexibility index (Phi) is 3.33. The van der Waals surface area contributed by atoms with Crippen LogP contribution in [-0.2, 0) is 12.0 Å². The second-order valence-corrected chi connectivity index (χ2v) is 6.46. The molecule has 1 aliphatic rings. The van der Waals surface area contributed by atoms with Crippen molar-refractivity contribution < 1.29 is 5.11 Å². The Labute approximate surface area is 101 Å². The number of rotatable bonds is 3. The number of nitrogens with zero attached hydrogens (tertiary/aromatic N) is 1. The van der Waals surface area contributed by atoms with Crippen molar-refractivity contribution >= 4 is 11.3 Å². The SMILES string of the molecule is CC(C)(C)c1nc(CNC2CC(O)C2)cs1. The summed E-state index contributed by atoms with van der Waals surface area (Å²) < 4.78 is 0. The lowest BCUT2D eigenvalue weighted by Crippen LogP contribution is -2.43. The first kappa shape index (κ1) is 12.0. The van der Waals surface area contributed by atoms with Crippen LogP contribution in [0.1, 0.15) is 44.3 Å². The number of thiazole rings is 1. The average molecular weight is 240 g/mol. The van der Waals surface area contributed by atoms with Gasteiger partial charge >= 0.3 is 0 Å². The normalized spacial score (nSPS) is 25.5. The van der Waals surface area contributed by atoms with Crippen LogP contribution in [0.15, 0.2) is 5.38 Å². The summed E-state index contributed by atoms with van der Waals surface area (Å²) in [6, 6.07) is 0.481. The molecule has 0 atom stereocenters. The Morgan fingerprint density at radius 1 is 1.50 bits per heavy atom. The minimum atomic E-state index is -0.0851. The average Bonchev–Trinajstić information content (AvgIpc) is 2.58. The molecule has 0 spiro atoms. The molecule has 16 heavy (non-hydrogen) atoms. The minimum absolute atomic E-state index is 0.0851. The molecule has 1 aromatic heterocycles. The zero-order valence-electron chi connectivity index (χ0n) is 10.2. The van der Waals surface area contributed by atoms with Crippen LogP contribution in [0.4, 0.5) is 0 Å². The van der Waals surface area contributed by atoms with Crippen molar-refractivity contribution in [3.63, 3.8) is 0 Å². The fourth-order valence-electron chi connectivity index (χ4n) is 1.74. The predicted octanol–water partition coefficient (Wildman–Crippen LogP) is 2.05. The van der Waals surface area contributed by atoms with E-state index in [2.05, 4.69) is 36.5 Å². The van der Waals surface area contributed by atoms with Gasteiger partial charge in [0.05, 0.1) is 16.8 Å². The first-order chi connectivity index (χ1) is 7.45. The van der Waals surface area contributed by atoms with E-state index in [1.807, 2.05) is 0 Å². The molecule has 0 bridgehead atoms. The molecule has 0 saturated heterocycles. The summed E-state index contributed by atoms with van der Waals surface area (Å²) >= 11 is 1.73. The third-order valence-electron chi connectivity index (χ3n) is 2.88. The molecule has 0 unspecified atom stereocenters. The molecule has 1 aliphatic carbocycles. The highest BCUT2D eigenvalue weighted by Gasteiger charge is 2.26. The van der Waals surface area contributed by atoms with Crippen molar-refractivity contribution in [1.82, 2.24) is 10.3 Å². The van der Waals surface area contributed by atoms with Crippen LogP contribution in [0.2, 0.25) is 0 Å². The summed E-state index contributed by atoms with van der Waals surface area (Å²) in [5.41, 5.74) is 1.27. The third-order valence-corrected chi connectivity index (χ3v) is 4.20. The van der Waals surface area contributed by atoms with Crippen LogP contribution in [0.25, 0.3) is 0 Å². The number of aliphatic hydroxyl groups excluding tert-OH is 1. The van der Waals surface area contributed by atoms with Crippen LogP contribution in [0, 0.1) is 0 Å². The van der Waals surface area contributed by atoms with Crippen molar-refractivity contribution in [3.8, 4) is 0 Å². The van der Waals surface area contributed by atoms with E-state index in [0.29, 0.717) is 6.04 Å². The largest absolute Gasteiger partial charge is 0.393 e. The minimum Gasteiger partial charge on any atom is -0.393 e. The van der Waals surface area contributed by atoms with Gasteiger partial charge in [-0.25, -0.2) is 4.98 Å². The van der Waals surface area contributed by atoms with Crippen molar-refractivity contribution in [2.45, 2.75) is 57.7 Å². The molecule has 0 radical (unpaired) electrons. The van der Waals surface area contributed by atoms with Crippen LogP contribution in [-0.4, -0.2) is 22.2 Å². The third kappa shape index (κ3) is 2.81. The maximum atomic E-state index is 9.17. The monoisotopic (exact) mass is 240 g/mol. The van der Waals surface area contributed by atoms with Crippen molar-refractivity contribution in [1.29, 1.82) is 0 Å². The summed E-state index contributed by atoms with van der Waals surface area (Å²) in [5.74, 6) is 0. The lowest BCUT2D eigenvalue weighted by Gasteiger charge is -2.31. The van der Waals surface area contributed by atoms with Gasteiger partial charge in [-0.2, -0.15) is 0 Å². The Morgan fingerprint density at radius 2 is 2.19 bits per heavy atom. The second kappa shape index (κ2) is 4.43. The standard InChI is InChI=1S/C12H20N2OS/c1-12(2,3)11-14-9(7-16-11)6-13-8-4-10(15)5-8/h7-8,10,13,15H,4-6H2,1-3H3. The Hall–Kier alpha value is -0.450. The number of hydrogen-bond acceptors (Lipinski definition) is 4. The lowest BCUT2D eigenvalue weighted by molar-refractivity contribution is 0.0618. The molecule has 2 N–H and O–H groups in total. The highest BCUT2D eigenvalue weighted by molar-refractivity contribution is 7.09. The topological polar surface area (TPSA) is 45.2 Å². The first-order valence-corrected chi connectivity index (χ1v) is 6.69.